The predicted molar refractivity (Wildman–Crippen MR) is 117 cm³/mol. The Bertz CT molecular complexity index is 678. The summed E-state index contributed by atoms with van der Waals surface area (Å²) in [7, 11) is 1.73. The molecule has 1 fully saturated rings. The van der Waals surface area contributed by atoms with Crippen molar-refractivity contribution >= 4 is 41.9 Å². The van der Waals surface area contributed by atoms with Crippen LogP contribution in [0.2, 0.25) is 0 Å². The molecule has 0 saturated carbocycles. The number of nitrogens with one attached hydrogen (secondary N) is 1. The van der Waals surface area contributed by atoms with Gasteiger partial charge in [0.15, 0.2) is 12.6 Å². The molecule has 3 N–H and O–H groups in total. The smallest absolute Gasteiger partial charge is 0.409 e. The van der Waals surface area contributed by atoms with Crippen LogP contribution in [-0.2, 0) is 16.1 Å². The van der Waals surface area contributed by atoms with Crippen molar-refractivity contribution in [3.8, 4) is 5.75 Å². The third-order valence-electron chi connectivity index (χ3n) is 4.05. The van der Waals surface area contributed by atoms with E-state index in [1.54, 1.807) is 24.9 Å². The number of piperazine rings is 1. The number of nitrogens with zero attached hydrogens (tertiary/aromatic N) is 3. The number of benzene rings is 1. The fourth-order valence-electron chi connectivity index (χ4n) is 2.73. The van der Waals surface area contributed by atoms with Crippen LogP contribution in [0.25, 0.3) is 0 Å². The van der Waals surface area contributed by atoms with Crippen molar-refractivity contribution in [1.82, 2.24) is 15.1 Å². The lowest BCUT2D eigenvalue weighted by molar-refractivity contribution is -0.119. The fourth-order valence-corrected chi connectivity index (χ4v) is 2.73. The first-order valence-corrected chi connectivity index (χ1v) is 8.90. The number of carbonyl (C=O) groups is 2. The first-order valence-electron chi connectivity index (χ1n) is 8.90. The third kappa shape index (κ3) is 7.41. The molecule has 1 aliphatic rings. The molecule has 1 aromatic carbocycles. The molecule has 2 amide bonds. The van der Waals surface area contributed by atoms with Crippen LogP contribution < -0.4 is 15.8 Å². The largest absolute Gasteiger partial charge is 0.484 e. The zero-order valence-electron chi connectivity index (χ0n) is 16.2. The van der Waals surface area contributed by atoms with Crippen molar-refractivity contribution in [3.05, 3.63) is 29.8 Å². The SMILES string of the molecule is CCOC(=O)N1CCN(C(=NC)NCc2cccc(OCC(N)=O)c2)CC1.I. The molecule has 0 spiro atoms. The van der Waals surface area contributed by atoms with Gasteiger partial charge in [-0.25, -0.2) is 4.79 Å². The van der Waals surface area contributed by atoms with Crippen LogP contribution >= 0.6 is 24.0 Å². The van der Waals surface area contributed by atoms with Crippen molar-refractivity contribution in [3.63, 3.8) is 0 Å². The average Bonchev–Trinajstić information content (AvgIpc) is 2.68. The number of primary amides is 1. The van der Waals surface area contributed by atoms with Gasteiger partial charge in [-0.15, -0.1) is 24.0 Å². The maximum absolute atomic E-state index is 11.8. The van der Waals surface area contributed by atoms with E-state index < -0.39 is 5.91 Å². The number of hydrogen-bond donors (Lipinski definition) is 2. The quantitative estimate of drug-likeness (QED) is 0.340. The number of amides is 2. The van der Waals surface area contributed by atoms with Crippen molar-refractivity contribution in [2.75, 3.05) is 46.4 Å². The van der Waals surface area contributed by atoms with E-state index in [1.165, 1.54) is 0 Å². The lowest BCUT2D eigenvalue weighted by Crippen LogP contribution is -2.53. The van der Waals surface area contributed by atoms with Gasteiger partial charge in [0.05, 0.1) is 6.61 Å². The standard InChI is InChI=1S/C18H27N5O4.HI/c1-3-26-18(25)23-9-7-22(8-10-23)17(20-2)21-12-14-5-4-6-15(11-14)27-13-16(19)24;/h4-6,11H,3,7-10,12-13H2,1-2H3,(H2,19,24)(H,20,21);1H. The average molecular weight is 505 g/mol. The Labute approximate surface area is 182 Å². The van der Waals surface area contributed by atoms with Crippen LogP contribution in [0.5, 0.6) is 5.75 Å². The summed E-state index contributed by atoms with van der Waals surface area (Å²) in [6, 6.07) is 7.43. The number of nitrogens with two attached hydrogens (primary N) is 1. The van der Waals surface area contributed by atoms with Crippen molar-refractivity contribution < 1.29 is 19.1 Å². The van der Waals surface area contributed by atoms with Gasteiger partial charge in [0, 0.05) is 39.8 Å². The third-order valence-corrected chi connectivity index (χ3v) is 4.05. The van der Waals surface area contributed by atoms with Gasteiger partial charge in [0.25, 0.3) is 5.91 Å². The summed E-state index contributed by atoms with van der Waals surface area (Å²) in [6.07, 6.45) is -0.270. The Morgan fingerprint density at radius 1 is 1.21 bits per heavy atom. The molecule has 0 unspecified atom stereocenters. The van der Waals surface area contributed by atoms with Gasteiger partial charge in [-0.1, -0.05) is 12.1 Å². The second kappa shape index (κ2) is 12.3. The lowest BCUT2D eigenvalue weighted by atomic mass is 10.2. The molecule has 9 nitrogen and oxygen atoms in total. The molecule has 28 heavy (non-hydrogen) atoms. The molecule has 0 bridgehead atoms. The van der Waals surface area contributed by atoms with Gasteiger partial charge in [0.2, 0.25) is 0 Å². The van der Waals surface area contributed by atoms with Crippen LogP contribution in [-0.4, -0.2) is 74.2 Å². The molecule has 0 aromatic heterocycles. The highest BCUT2D eigenvalue weighted by atomic mass is 127. The first-order chi connectivity index (χ1) is 13.0. The molecule has 1 heterocycles. The predicted octanol–water partition coefficient (Wildman–Crippen LogP) is 1.02. The number of rotatable bonds is 6. The van der Waals surface area contributed by atoms with E-state index in [-0.39, 0.29) is 36.7 Å². The number of aliphatic imine (C=N–C) groups is 1. The highest BCUT2D eigenvalue weighted by molar-refractivity contribution is 14.0. The van der Waals surface area contributed by atoms with Gasteiger partial charge in [0.1, 0.15) is 5.75 Å². The van der Waals surface area contributed by atoms with Crippen LogP contribution in [0.15, 0.2) is 29.3 Å². The summed E-state index contributed by atoms with van der Waals surface area (Å²) < 4.78 is 10.4. The van der Waals surface area contributed by atoms with Gasteiger partial charge in [-0.3, -0.25) is 9.79 Å². The number of guanidine groups is 1. The topological polar surface area (TPSA) is 109 Å². The summed E-state index contributed by atoms with van der Waals surface area (Å²) in [6.45, 7) is 5.13. The Hall–Kier alpha value is -2.24. The molecule has 1 aromatic rings. The minimum Gasteiger partial charge on any atom is -0.484 e. The monoisotopic (exact) mass is 505 g/mol. The molecule has 0 atom stereocenters. The highest BCUT2D eigenvalue weighted by Gasteiger charge is 2.23. The zero-order valence-corrected chi connectivity index (χ0v) is 18.5. The Morgan fingerprint density at radius 3 is 2.50 bits per heavy atom. The number of halogens is 1. The first kappa shape index (κ1) is 23.8. The van der Waals surface area contributed by atoms with Gasteiger partial charge >= 0.3 is 6.09 Å². The molecular formula is C18H28IN5O4. The van der Waals surface area contributed by atoms with E-state index >= 15 is 0 Å². The van der Waals surface area contributed by atoms with E-state index in [9.17, 15) is 9.59 Å². The van der Waals surface area contributed by atoms with Crippen LogP contribution in [0.1, 0.15) is 12.5 Å². The van der Waals surface area contributed by atoms with E-state index in [2.05, 4.69) is 15.2 Å². The van der Waals surface area contributed by atoms with Crippen LogP contribution in [0, 0.1) is 0 Å². The van der Waals surface area contributed by atoms with E-state index in [0.29, 0.717) is 45.1 Å². The molecule has 0 aliphatic carbocycles. The zero-order chi connectivity index (χ0) is 19.6. The lowest BCUT2D eigenvalue weighted by Gasteiger charge is -2.35. The van der Waals surface area contributed by atoms with E-state index in [1.807, 2.05) is 18.2 Å². The van der Waals surface area contributed by atoms with Crippen molar-refractivity contribution in [1.29, 1.82) is 0 Å². The second-order valence-corrected chi connectivity index (χ2v) is 5.98. The fraction of sp³-hybridized carbons (Fsp3) is 0.500. The maximum Gasteiger partial charge on any atom is 0.409 e. The summed E-state index contributed by atoms with van der Waals surface area (Å²) in [5, 5.41) is 3.31. The second-order valence-electron chi connectivity index (χ2n) is 5.98. The van der Waals surface area contributed by atoms with Crippen molar-refractivity contribution in [2.24, 2.45) is 10.7 Å². The van der Waals surface area contributed by atoms with Crippen molar-refractivity contribution in [2.45, 2.75) is 13.5 Å². The van der Waals surface area contributed by atoms with Gasteiger partial charge in [-0.2, -0.15) is 0 Å². The number of hydrogen-bond acceptors (Lipinski definition) is 5. The Balaban J connectivity index is 0.00000392. The molecule has 0 radical (unpaired) electrons. The maximum atomic E-state index is 11.8. The van der Waals surface area contributed by atoms with Crippen LogP contribution in [0.3, 0.4) is 0 Å². The van der Waals surface area contributed by atoms with Gasteiger partial charge < -0.3 is 30.3 Å². The Morgan fingerprint density at radius 2 is 1.89 bits per heavy atom. The molecule has 2 rings (SSSR count). The molecular weight excluding hydrogens is 477 g/mol. The highest BCUT2D eigenvalue weighted by Crippen LogP contribution is 2.13. The molecule has 10 heteroatoms. The molecule has 1 saturated heterocycles. The normalized spacial score (nSPS) is 14.1. The minimum absolute atomic E-state index is 0. The Kier molecular flexibility index (Phi) is 10.4. The molecule has 1 aliphatic heterocycles. The summed E-state index contributed by atoms with van der Waals surface area (Å²) in [5.74, 6) is 0.842. The van der Waals surface area contributed by atoms with E-state index in [4.69, 9.17) is 15.2 Å². The number of ether oxygens (including phenoxy) is 2. The van der Waals surface area contributed by atoms with Crippen LogP contribution in [0.4, 0.5) is 4.79 Å². The number of carbonyl (C=O) groups excluding carboxylic acids is 2. The minimum atomic E-state index is -0.513. The summed E-state index contributed by atoms with van der Waals surface area (Å²) in [4.78, 5) is 30.7. The summed E-state index contributed by atoms with van der Waals surface area (Å²) in [5.41, 5.74) is 6.08. The summed E-state index contributed by atoms with van der Waals surface area (Å²) >= 11 is 0. The van der Waals surface area contributed by atoms with E-state index in [0.717, 1.165) is 11.5 Å². The molecule has 156 valence electrons. The van der Waals surface area contributed by atoms with Gasteiger partial charge in [-0.05, 0) is 24.6 Å².